The minimum Gasteiger partial charge on any atom is -0.353 e. The van der Waals surface area contributed by atoms with Crippen molar-refractivity contribution in [3.8, 4) is 0 Å². The molecule has 0 saturated heterocycles. The standard InChI is InChI=1S/C12H26O4/c1-5-9-16-12(15-8-4)10-11(13-6-2)14-7-3/h11-12H,5-10H2,1-4H3. The first-order valence-corrected chi connectivity index (χ1v) is 6.24. The predicted octanol–water partition coefficient (Wildman–Crippen LogP) is 2.56. The molecule has 0 N–H and O–H groups in total. The SMILES string of the molecule is CCCOC(CC(OCC)OCC)OCC. The molecule has 0 fully saturated rings. The zero-order chi connectivity index (χ0) is 12.2. The lowest BCUT2D eigenvalue weighted by Crippen LogP contribution is -2.28. The minimum absolute atomic E-state index is 0.229. The fourth-order valence-electron chi connectivity index (χ4n) is 1.33. The number of hydrogen-bond donors (Lipinski definition) is 0. The zero-order valence-electron chi connectivity index (χ0n) is 11.0. The highest BCUT2D eigenvalue weighted by Gasteiger charge is 2.17. The first-order valence-electron chi connectivity index (χ1n) is 6.24. The summed E-state index contributed by atoms with van der Waals surface area (Å²) in [5.74, 6) is 0. The van der Waals surface area contributed by atoms with Crippen LogP contribution < -0.4 is 0 Å². The summed E-state index contributed by atoms with van der Waals surface area (Å²) in [6.45, 7) is 10.6. The fraction of sp³-hybridized carbons (Fsp3) is 1.00. The lowest BCUT2D eigenvalue weighted by molar-refractivity contribution is -0.209. The molecule has 4 nitrogen and oxygen atoms in total. The highest BCUT2D eigenvalue weighted by Crippen LogP contribution is 2.10. The van der Waals surface area contributed by atoms with Crippen molar-refractivity contribution in [2.75, 3.05) is 26.4 Å². The Balaban J connectivity index is 3.98. The van der Waals surface area contributed by atoms with Gasteiger partial charge in [-0.15, -0.1) is 0 Å². The predicted molar refractivity (Wildman–Crippen MR) is 63.3 cm³/mol. The summed E-state index contributed by atoms with van der Waals surface area (Å²) in [5.41, 5.74) is 0. The Morgan fingerprint density at radius 1 is 0.688 bits per heavy atom. The van der Waals surface area contributed by atoms with E-state index in [4.69, 9.17) is 18.9 Å². The highest BCUT2D eigenvalue weighted by atomic mass is 16.7. The van der Waals surface area contributed by atoms with Gasteiger partial charge in [-0.25, -0.2) is 0 Å². The van der Waals surface area contributed by atoms with Crippen LogP contribution in [-0.2, 0) is 18.9 Å². The Morgan fingerprint density at radius 3 is 1.50 bits per heavy atom. The summed E-state index contributed by atoms with van der Waals surface area (Å²) < 4.78 is 22.0. The number of rotatable bonds is 11. The van der Waals surface area contributed by atoms with Crippen molar-refractivity contribution < 1.29 is 18.9 Å². The minimum atomic E-state index is -0.233. The largest absolute Gasteiger partial charge is 0.353 e. The van der Waals surface area contributed by atoms with Crippen molar-refractivity contribution in [3.63, 3.8) is 0 Å². The molecule has 16 heavy (non-hydrogen) atoms. The monoisotopic (exact) mass is 234 g/mol. The van der Waals surface area contributed by atoms with Crippen LogP contribution >= 0.6 is 0 Å². The maximum absolute atomic E-state index is 5.57. The van der Waals surface area contributed by atoms with Crippen LogP contribution in [0.25, 0.3) is 0 Å². The Labute approximate surface area is 99.2 Å². The van der Waals surface area contributed by atoms with E-state index in [1.807, 2.05) is 20.8 Å². The van der Waals surface area contributed by atoms with Crippen molar-refractivity contribution in [1.82, 2.24) is 0 Å². The van der Waals surface area contributed by atoms with Crippen molar-refractivity contribution in [2.24, 2.45) is 0 Å². The summed E-state index contributed by atoms with van der Waals surface area (Å²) in [5, 5.41) is 0. The molecule has 1 unspecified atom stereocenters. The third-order valence-electron chi connectivity index (χ3n) is 1.95. The van der Waals surface area contributed by atoms with E-state index in [9.17, 15) is 0 Å². The summed E-state index contributed by atoms with van der Waals surface area (Å²) in [7, 11) is 0. The van der Waals surface area contributed by atoms with Crippen LogP contribution in [0, 0.1) is 0 Å². The van der Waals surface area contributed by atoms with Gasteiger partial charge < -0.3 is 18.9 Å². The van der Waals surface area contributed by atoms with E-state index in [-0.39, 0.29) is 12.6 Å². The molecule has 0 aliphatic rings. The lowest BCUT2D eigenvalue weighted by Gasteiger charge is -2.23. The molecule has 0 radical (unpaired) electrons. The molecule has 0 aromatic carbocycles. The highest BCUT2D eigenvalue weighted by molar-refractivity contribution is 4.51. The molecule has 0 aromatic rings. The Morgan fingerprint density at radius 2 is 1.12 bits per heavy atom. The third kappa shape index (κ3) is 8.05. The summed E-state index contributed by atoms with van der Waals surface area (Å²) in [6, 6.07) is 0. The first-order chi connectivity index (χ1) is 7.78. The van der Waals surface area contributed by atoms with E-state index >= 15 is 0 Å². The molecule has 1 atom stereocenters. The molecule has 98 valence electrons. The first kappa shape index (κ1) is 15.8. The van der Waals surface area contributed by atoms with E-state index in [1.165, 1.54) is 0 Å². The molecule has 0 aliphatic heterocycles. The normalized spacial score (nSPS) is 13.3. The van der Waals surface area contributed by atoms with Gasteiger partial charge in [-0.3, -0.25) is 0 Å². The van der Waals surface area contributed by atoms with Crippen molar-refractivity contribution >= 4 is 0 Å². The molecule has 0 bridgehead atoms. The smallest absolute Gasteiger partial charge is 0.162 e. The van der Waals surface area contributed by atoms with Crippen molar-refractivity contribution in [1.29, 1.82) is 0 Å². The second kappa shape index (κ2) is 11.3. The Bertz CT molecular complexity index is 135. The maximum Gasteiger partial charge on any atom is 0.162 e. The second-order valence-corrected chi connectivity index (χ2v) is 3.33. The summed E-state index contributed by atoms with van der Waals surface area (Å²) >= 11 is 0. The number of ether oxygens (including phenoxy) is 4. The van der Waals surface area contributed by atoms with Gasteiger partial charge >= 0.3 is 0 Å². The van der Waals surface area contributed by atoms with Gasteiger partial charge in [0.1, 0.15) is 0 Å². The molecular weight excluding hydrogens is 208 g/mol. The van der Waals surface area contributed by atoms with Gasteiger partial charge in [-0.2, -0.15) is 0 Å². The average molecular weight is 234 g/mol. The van der Waals surface area contributed by atoms with Gasteiger partial charge in [0.25, 0.3) is 0 Å². The van der Waals surface area contributed by atoms with Gasteiger partial charge in [0.2, 0.25) is 0 Å². The molecule has 0 rings (SSSR count). The van der Waals surface area contributed by atoms with E-state index < -0.39 is 0 Å². The van der Waals surface area contributed by atoms with Crippen LogP contribution in [0.3, 0.4) is 0 Å². The quantitative estimate of drug-likeness (QED) is 0.515. The average Bonchev–Trinajstić information content (AvgIpc) is 2.27. The van der Waals surface area contributed by atoms with Gasteiger partial charge in [-0.05, 0) is 27.2 Å². The molecule has 0 amide bonds. The molecule has 0 heterocycles. The van der Waals surface area contributed by atoms with Crippen LogP contribution in [0.2, 0.25) is 0 Å². The Kier molecular flexibility index (Phi) is 11.2. The van der Waals surface area contributed by atoms with Crippen molar-refractivity contribution in [2.45, 2.75) is 53.1 Å². The number of hydrogen-bond acceptors (Lipinski definition) is 4. The topological polar surface area (TPSA) is 36.9 Å². The third-order valence-corrected chi connectivity index (χ3v) is 1.95. The van der Waals surface area contributed by atoms with Gasteiger partial charge in [-0.1, -0.05) is 6.92 Å². The fourth-order valence-corrected chi connectivity index (χ4v) is 1.33. The summed E-state index contributed by atoms with van der Waals surface area (Å²) in [4.78, 5) is 0. The molecule has 4 heteroatoms. The molecule has 0 saturated carbocycles. The van der Waals surface area contributed by atoms with E-state index in [2.05, 4.69) is 6.92 Å². The van der Waals surface area contributed by atoms with Crippen LogP contribution in [0.4, 0.5) is 0 Å². The van der Waals surface area contributed by atoms with E-state index in [0.29, 0.717) is 32.8 Å². The molecular formula is C12H26O4. The Hall–Kier alpha value is -0.160. The zero-order valence-corrected chi connectivity index (χ0v) is 11.0. The van der Waals surface area contributed by atoms with Crippen LogP contribution in [0.5, 0.6) is 0 Å². The summed E-state index contributed by atoms with van der Waals surface area (Å²) in [6.07, 6.45) is 1.14. The molecule has 0 aromatic heterocycles. The van der Waals surface area contributed by atoms with Gasteiger partial charge in [0.15, 0.2) is 12.6 Å². The van der Waals surface area contributed by atoms with Crippen molar-refractivity contribution in [3.05, 3.63) is 0 Å². The van der Waals surface area contributed by atoms with Gasteiger partial charge in [0, 0.05) is 32.8 Å². The van der Waals surface area contributed by atoms with Gasteiger partial charge in [0.05, 0.1) is 0 Å². The van der Waals surface area contributed by atoms with Crippen LogP contribution in [0.1, 0.15) is 40.5 Å². The lowest BCUT2D eigenvalue weighted by atomic mass is 10.4. The second-order valence-electron chi connectivity index (χ2n) is 3.33. The maximum atomic E-state index is 5.57. The molecule has 0 aliphatic carbocycles. The van der Waals surface area contributed by atoms with E-state index in [0.717, 1.165) is 6.42 Å². The van der Waals surface area contributed by atoms with Crippen LogP contribution in [-0.4, -0.2) is 39.0 Å². The van der Waals surface area contributed by atoms with E-state index in [1.54, 1.807) is 0 Å². The molecule has 0 spiro atoms. The van der Waals surface area contributed by atoms with Crippen LogP contribution in [0.15, 0.2) is 0 Å².